The maximum Gasteiger partial charge on any atom is 0.433 e. The first-order valence-corrected chi connectivity index (χ1v) is 5.99. The molecule has 1 aliphatic heterocycles. The fourth-order valence-corrected chi connectivity index (χ4v) is 2.14. The van der Waals surface area contributed by atoms with E-state index in [0.717, 1.165) is 6.07 Å². The molecule has 1 aromatic heterocycles. The van der Waals surface area contributed by atoms with Gasteiger partial charge in [-0.2, -0.15) is 13.2 Å². The van der Waals surface area contributed by atoms with E-state index < -0.39 is 22.5 Å². The highest BCUT2D eigenvalue weighted by Crippen LogP contribution is 2.35. The molecule has 2 rings (SSSR count). The van der Waals surface area contributed by atoms with E-state index in [9.17, 15) is 23.3 Å². The lowest BCUT2D eigenvalue weighted by Crippen LogP contribution is -2.49. The molecule has 1 saturated heterocycles. The van der Waals surface area contributed by atoms with Crippen LogP contribution in [0.4, 0.5) is 24.5 Å². The van der Waals surface area contributed by atoms with Crippen molar-refractivity contribution in [3.8, 4) is 0 Å². The number of hydrogen-bond acceptors (Lipinski definition) is 5. The molecule has 110 valence electrons. The van der Waals surface area contributed by atoms with Gasteiger partial charge >= 0.3 is 11.9 Å². The number of rotatable bonds is 2. The molecule has 0 unspecified atom stereocenters. The maximum atomic E-state index is 12.7. The molecule has 0 saturated carbocycles. The van der Waals surface area contributed by atoms with Crippen LogP contribution in [0.1, 0.15) is 12.6 Å². The number of nitrogens with zero attached hydrogens (tertiary/aromatic N) is 3. The van der Waals surface area contributed by atoms with Crippen LogP contribution >= 0.6 is 0 Å². The Kier molecular flexibility index (Phi) is 3.80. The van der Waals surface area contributed by atoms with Crippen LogP contribution in [0.2, 0.25) is 0 Å². The van der Waals surface area contributed by atoms with E-state index >= 15 is 0 Å². The Bertz CT molecular complexity index is 521. The molecule has 0 aromatic carbocycles. The number of anilines is 1. The Hall–Kier alpha value is -1.90. The molecule has 1 aromatic rings. The standard InChI is InChI=1S/C11H13F3N4O2/c1-7-6-17(3-2-15-7)8-4-10(11(12,13)14)16-5-9(8)18(19)20/h4-5,7,15H,2-3,6H2,1H3/t7-/m1/s1. The van der Waals surface area contributed by atoms with Gasteiger partial charge in [-0.1, -0.05) is 0 Å². The number of nitro groups is 1. The number of pyridine rings is 1. The normalized spacial score (nSPS) is 20.0. The average molecular weight is 290 g/mol. The highest BCUT2D eigenvalue weighted by Gasteiger charge is 2.35. The Morgan fingerprint density at radius 2 is 2.25 bits per heavy atom. The van der Waals surface area contributed by atoms with Crippen LogP contribution in [0, 0.1) is 10.1 Å². The minimum Gasteiger partial charge on any atom is -0.363 e. The number of hydrogen-bond donors (Lipinski definition) is 1. The quantitative estimate of drug-likeness (QED) is 0.664. The van der Waals surface area contributed by atoms with Gasteiger partial charge in [-0.3, -0.25) is 10.1 Å². The largest absolute Gasteiger partial charge is 0.433 e. The van der Waals surface area contributed by atoms with Crippen LogP contribution in [0.5, 0.6) is 0 Å². The predicted molar refractivity (Wildman–Crippen MR) is 65.6 cm³/mol. The van der Waals surface area contributed by atoms with Crippen LogP contribution in [0.3, 0.4) is 0 Å². The highest BCUT2D eigenvalue weighted by molar-refractivity contribution is 5.63. The summed E-state index contributed by atoms with van der Waals surface area (Å²) in [5.41, 5.74) is -1.57. The Labute approximate surface area is 112 Å². The number of nitrogens with one attached hydrogen (secondary N) is 1. The molecule has 0 bridgehead atoms. The smallest absolute Gasteiger partial charge is 0.363 e. The lowest BCUT2D eigenvalue weighted by molar-refractivity contribution is -0.384. The molecular weight excluding hydrogens is 277 g/mol. The summed E-state index contributed by atoms with van der Waals surface area (Å²) in [6.07, 6.45) is -3.95. The summed E-state index contributed by atoms with van der Waals surface area (Å²) in [4.78, 5) is 15.0. The summed E-state index contributed by atoms with van der Waals surface area (Å²) in [6, 6.07) is 0.793. The lowest BCUT2D eigenvalue weighted by Gasteiger charge is -2.33. The second-order valence-corrected chi connectivity index (χ2v) is 4.61. The molecule has 0 aliphatic carbocycles. The van der Waals surface area contributed by atoms with Gasteiger partial charge in [0.05, 0.1) is 4.92 Å². The molecule has 0 radical (unpaired) electrons. The van der Waals surface area contributed by atoms with E-state index in [2.05, 4.69) is 10.3 Å². The van der Waals surface area contributed by atoms with Gasteiger partial charge in [-0.05, 0) is 13.0 Å². The molecule has 6 nitrogen and oxygen atoms in total. The summed E-state index contributed by atoms with van der Waals surface area (Å²) in [5, 5.41) is 14.1. The van der Waals surface area contributed by atoms with Crippen molar-refractivity contribution in [1.82, 2.24) is 10.3 Å². The number of aromatic nitrogens is 1. The summed E-state index contributed by atoms with van der Waals surface area (Å²) in [6.45, 7) is 3.24. The van der Waals surface area contributed by atoms with Crippen molar-refractivity contribution in [2.24, 2.45) is 0 Å². The monoisotopic (exact) mass is 290 g/mol. The van der Waals surface area contributed by atoms with Crippen molar-refractivity contribution in [3.05, 3.63) is 28.1 Å². The summed E-state index contributed by atoms with van der Waals surface area (Å²) in [7, 11) is 0. The summed E-state index contributed by atoms with van der Waals surface area (Å²) >= 11 is 0. The Morgan fingerprint density at radius 1 is 1.55 bits per heavy atom. The van der Waals surface area contributed by atoms with Crippen molar-refractivity contribution in [2.45, 2.75) is 19.1 Å². The van der Waals surface area contributed by atoms with Gasteiger partial charge < -0.3 is 10.2 Å². The molecule has 1 N–H and O–H groups in total. The van der Waals surface area contributed by atoms with Gasteiger partial charge in [0.15, 0.2) is 0 Å². The molecule has 1 aliphatic rings. The van der Waals surface area contributed by atoms with Crippen LogP contribution in [0.25, 0.3) is 0 Å². The average Bonchev–Trinajstić information content (AvgIpc) is 2.37. The van der Waals surface area contributed by atoms with Crippen molar-refractivity contribution < 1.29 is 18.1 Å². The second-order valence-electron chi connectivity index (χ2n) is 4.61. The van der Waals surface area contributed by atoms with Gasteiger partial charge in [0.25, 0.3) is 0 Å². The SMILES string of the molecule is C[C@@H]1CN(c2cc(C(F)(F)F)ncc2[N+](=O)[O-])CCN1. The summed E-state index contributed by atoms with van der Waals surface area (Å²) in [5.74, 6) is 0. The van der Waals surface area contributed by atoms with E-state index in [1.807, 2.05) is 6.92 Å². The molecule has 1 fully saturated rings. The Morgan fingerprint density at radius 3 is 2.80 bits per heavy atom. The zero-order valence-corrected chi connectivity index (χ0v) is 10.6. The molecule has 0 amide bonds. The minimum absolute atomic E-state index is 0.0364. The molecule has 20 heavy (non-hydrogen) atoms. The second kappa shape index (κ2) is 5.23. The van der Waals surface area contributed by atoms with Gasteiger partial charge in [0.2, 0.25) is 0 Å². The fraction of sp³-hybridized carbons (Fsp3) is 0.545. The van der Waals surface area contributed by atoms with E-state index in [-0.39, 0.29) is 11.7 Å². The third-order valence-electron chi connectivity index (χ3n) is 3.06. The van der Waals surface area contributed by atoms with E-state index in [1.54, 1.807) is 4.90 Å². The van der Waals surface area contributed by atoms with Gasteiger partial charge in [-0.25, -0.2) is 4.98 Å². The highest BCUT2D eigenvalue weighted by atomic mass is 19.4. The third-order valence-corrected chi connectivity index (χ3v) is 3.06. The van der Waals surface area contributed by atoms with Crippen LogP contribution in [-0.4, -0.2) is 35.6 Å². The number of halogens is 3. The molecule has 9 heteroatoms. The van der Waals surface area contributed by atoms with Crippen molar-refractivity contribution in [3.63, 3.8) is 0 Å². The first kappa shape index (κ1) is 14.5. The molecule has 1 atom stereocenters. The van der Waals surface area contributed by atoms with Gasteiger partial charge in [-0.15, -0.1) is 0 Å². The topological polar surface area (TPSA) is 71.3 Å². The first-order valence-electron chi connectivity index (χ1n) is 5.99. The number of alkyl halides is 3. The molecule has 2 heterocycles. The maximum absolute atomic E-state index is 12.7. The lowest BCUT2D eigenvalue weighted by atomic mass is 10.2. The number of piperazine rings is 1. The van der Waals surface area contributed by atoms with Crippen LogP contribution in [0.15, 0.2) is 12.3 Å². The summed E-state index contributed by atoms with van der Waals surface area (Å²) < 4.78 is 38.0. The van der Waals surface area contributed by atoms with Crippen molar-refractivity contribution in [1.29, 1.82) is 0 Å². The van der Waals surface area contributed by atoms with Crippen LogP contribution < -0.4 is 10.2 Å². The van der Waals surface area contributed by atoms with Gasteiger partial charge in [0.1, 0.15) is 17.6 Å². The van der Waals surface area contributed by atoms with E-state index in [1.165, 1.54) is 0 Å². The first-order chi connectivity index (χ1) is 9.29. The minimum atomic E-state index is -4.62. The zero-order valence-electron chi connectivity index (χ0n) is 10.6. The van der Waals surface area contributed by atoms with Crippen LogP contribution in [-0.2, 0) is 6.18 Å². The zero-order chi connectivity index (χ0) is 14.9. The predicted octanol–water partition coefficient (Wildman–Crippen LogP) is 1.81. The van der Waals surface area contributed by atoms with Crippen molar-refractivity contribution in [2.75, 3.05) is 24.5 Å². The van der Waals surface area contributed by atoms with E-state index in [0.29, 0.717) is 25.8 Å². The molecular formula is C11H13F3N4O2. The third kappa shape index (κ3) is 2.98. The molecule has 0 spiro atoms. The fourth-order valence-electron chi connectivity index (χ4n) is 2.14. The van der Waals surface area contributed by atoms with E-state index in [4.69, 9.17) is 0 Å². The van der Waals surface area contributed by atoms with Crippen molar-refractivity contribution >= 4 is 11.4 Å². The Balaban J connectivity index is 2.44. The van der Waals surface area contributed by atoms with Gasteiger partial charge in [0, 0.05) is 25.7 Å².